The molecule has 1 aliphatic heterocycles. The maximum Gasteiger partial charge on any atom is 3.00 e. The zero-order chi connectivity index (χ0) is 15.2. The largest absolute Gasteiger partial charge is 3.00 e. The van der Waals surface area contributed by atoms with E-state index in [1.165, 1.54) is 11.4 Å². The first-order chi connectivity index (χ1) is 9.20. The number of rotatable bonds is 0. The molecule has 0 aromatic carbocycles. The molecule has 0 N–H and O–H groups in total. The van der Waals surface area contributed by atoms with E-state index < -0.39 is 0 Å². The number of aliphatic imine (C=N–C) groups is 2. The Morgan fingerprint density at radius 3 is 1.43 bits per heavy atom. The fourth-order valence-electron chi connectivity index (χ4n) is 2.66. The molecule has 0 aliphatic carbocycles. The topological polar surface area (TPSA) is 52.9 Å². The summed E-state index contributed by atoms with van der Waals surface area (Å²) in [7, 11) is 0. The van der Waals surface area contributed by atoms with E-state index in [4.69, 9.17) is 10.6 Å². The Hall–Kier alpha value is -0.234. The summed E-state index contributed by atoms with van der Waals surface area (Å²) in [6.45, 7) is 16.0. The Morgan fingerprint density at radius 1 is 0.762 bits per heavy atom. The van der Waals surface area contributed by atoms with Gasteiger partial charge in [0.05, 0.1) is 0 Å². The van der Waals surface area contributed by atoms with Gasteiger partial charge in [-0.3, -0.25) is 9.98 Å². The first kappa shape index (κ1) is 20.8. The van der Waals surface area contributed by atoms with E-state index in [0.717, 1.165) is 39.0 Å². The number of hydrogen-bond donors (Lipinski definition) is 0. The summed E-state index contributed by atoms with van der Waals surface area (Å²) in [4.78, 5) is 9.25. The van der Waals surface area contributed by atoms with Crippen LogP contribution in [0.4, 0.5) is 0 Å². The zero-order valence-corrected chi connectivity index (χ0v) is 15.4. The summed E-state index contributed by atoms with van der Waals surface area (Å²) < 4.78 is 0. The Labute approximate surface area is 140 Å². The quantitative estimate of drug-likeness (QED) is 0.641. The molecule has 0 fully saturated rings. The van der Waals surface area contributed by atoms with Gasteiger partial charge >= 0.3 is 16.8 Å². The first-order valence-corrected chi connectivity index (χ1v) is 7.57. The van der Waals surface area contributed by atoms with Crippen molar-refractivity contribution in [2.45, 2.75) is 65.5 Å². The summed E-state index contributed by atoms with van der Waals surface area (Å²) in [5.41, 5.74) is 2.25. The molecule has 5 heteroatoms. The van der Waals surface area contributed by atoms with Crippen molar-refractivity contribution in [3.8, 4) is 0 Å². The van der Waals surface area contributed by atoms with E-state index in [-0.39, 0.29) is 27.9 Å². The molecule has 122 valence electrons. The third-order valence-electron chi connectivity index (χ3n) is 3.42. The Morgan fingerprint density at radius 2 is 1.10 bits per heavy atom. The average molecular weight is 337 g/mol. The summed E-state index contributed by atoms with van der Waals surface area (Å²) in [5, 5.41) is 9.51. The Bertz CT molecular complexity index is 336. The molecule has 1 rings (SSSR count). The normalized spacial score (nSPS) is 24.1. The number of hydrogen-bond acceptors (Lipinski definition) is 2. The smallest absolute Gasteiger partial charge is 0.655 e. The fourth-order valence-corrected chi connectivity index (χ4v) is 2.66. The van der Waals surface area contributed by atoms with Crippen LogP contribution in [0.15, 0.2) is 9.98 Å². The van der Waals surface area contributed by atoms with Crippen LogP contribution in [-0.2, 0) is 16.8 Å². The molecule has 4 nitrogen and oxygen atoms in total. The number of nitrogens with zero attached hydrogens (tertiary/aromatic N) is 4. The second-order valence-corrected chi connectivity index (χ2v) is 6.98. The Kier molecular flexibility index (Phi) is 8.93. The van der Waals surface area contributed by atoms with Crippen molar-refractivity contribution in [2.75, 3.05) is 26.2 Å². The third-order valence-corrected chi connectivity index (χ3v) is 3.42. The monoisotopic (exact) mass is 337 g/mol. The van der Waals surface area contributed by atoms with Gasteiger partial charge in [-0.1, -0.05) is 27.7 Å². The molecule has 0 spiro atoms. The molecule has 0 atom stereocenters. The molecule has 0 saturated carbocycles. The molecule has 0 aromatic rings. The molecular weight excluding hydrogens is 307 g/mol. The third kappa shape index (κ3) is 9.40. The van der Waals surface area contributed by atoms with E-state index in [2.05, 4.69) is 51.5 Å². The molecule has 0 radical (unpaired) electrons. The van der Waals surface area contributed by atoms with Gasteiger partial charge in [0.1, 0.15) is 0 Å². The first-order valence-electron chi connectivity index (χ1n) is 7.57. The van der Waals surface area contributed by atoms with Crippen molar-refractivity contribution in [2.24, 2.45) is 9.98 Å². The van der Waals surface area contributed by atoms with Gasteiger partial charge in [0.15, 0.2) is 0 Å². The SMILES string of the molecule is CC1=NCC[N-]C(C)(C)CC(C)=NCC[N-]C(C)(C)C1.[Co+3]. The van der Waals surface area contributed by atoms with Crippen LogP contribution in [-0.4, -0.2) is 48.7 Å². The molecule has 0 unspecified atom stereocenters. The minimum atomic E-state index is -0.0441. The molecule has 0 aromatic heterocycles. The van der Waals surface area contributed by atoms with Crippen molar-refractivity contribution in [3.63, 3.8) is 0 Å². The minimum Gasteiger partial charge on any atom is -0.655 e. The van der Waals surface area contributed by atoms with E-state index in [1.807, 2.05) is 0 Å². The molecule has 0 saturated heterocycles. The van der Waals surface area contributed by atoms with Crippen LogP contribution < -0.4 is 0 Å². The van der Waals surface area contributed by atoms with E-state index in [1.54, 1.807) is 0 Å². The van der Waals surface area contributed by atoms with Crippen molar-refractivity contribution >= 4 is 11.4 Å². The maximum absolute atomic E-state index is 4.75. The fraction of sp³-hybridized carbons (Fsp3) is 0.875. The van der Waals surface area contributed by atoms with Crippen molar-refractivity contribution in [1.29, 1.82) is 0 Å². The van der Waals surface area contributed by atoms with Crippen LogP contribution in [0.25, 0.3) is 10.6 Å². The van der Waals surface area contributed by atoms with Gasteiger partial charge in [-0.25, -0.2) is 0 Å². The molecule has 1 heterocycles. The van der Waals surface area contributed by atoms with Gasteiger partial charge in [0.2, 0.25) is 0 Å². The summed E-state index contributed by atoms with van der Waals surface area (Å²) in [6, 6.07) is 0. The second kappa shape index (κ2) is 9.03. The van der Waals surface area contributed by atoms with Crippen LogP contribution in [0.1, 0.15) is 54.4 Å². The van der Waals surface area contributed by atoms with Crippen molar-refractivity contribution in [1.82, 2.24) is 0 Å². The molecule has 21 heavy (non-hydrogen) atoms. The summed E-state index contributed by atoms with van der Waals surface area (Å²) in [6.07, 6.45) is 1.83. The van der Waals surface area contributed by atoms with Gasteiger partial charge in [0.25, 0.3) is 0 Å². The van der Waals surface area contributed by atoms with Crippen LogP contribution in [0.3, 0.4) is 0 Å². The van der Waals surface area contributed by atoms with Crippen LogP contribution >= 0.6 is 0 Å². The predicted molar refractivity (Wildman–Crippen MR) is 89.8 cm³/mol. The summed E-state index contributed by atoms with van der Waals surface area (Å²) >= 11 is 0. The van der Waals surface area contributed by atoms with Gasteiger partial charge in [-0.05, 0) is 26.7 Å². The molecule has 1 aliphatic rings. The summed E-state index contributed by atoms with van der Waals surface area (Å²) in [5.74, 6) is 0. The zero-order valence-electron chi connectivity index (χ0n) is 14.4. The molecule has 0 bridgehead atoms. The van der Waals surface area contributed by atoms with E-state index in [9.17, 15) is 0 Å². The van der Waals surface area contributed by atoms with Crippen molar-refractivity contribution in [3.05, 3.63) is 10.6 Å². The molecule has 0 amide bonds. The Balaban J connectivity index is 0.00000400. The standard InChI is InChI=1S/C16H30N4.Co/c1-13-11-15(3,4)19-10-8-18-14(2)12-16(5,6)20-9-7-17-13;/h7-12H2,1-6H3;/q-2;+3. The van der Waals surface area contributed by atoms with Gasteiger partial charge in [0, 0.05) is 24.5 Å². The van der Waals surface area contributed by atoms with Gasteiger partial charge in [-0.15, -0.1) is 24.2 Å². The minimum absolute atomic E-state index is 0. The maximum atomic E-state index is 4.75. The van der Waals surface area contributed by atoms with E-state index >= 15 is 0 Å². The van der Waals surface area contributed by atoms with Gasteiger partial charge < -0.3 is 10.6 Å². The van der Waals surface area contributed by atoms with Crippen LogP contribution in [0.2, 0.25) is 0 Å². The predicted octanol–water partition coefficient (Wildman–Crippen LogP) is 4.00. The second-order valence-electron chi connectivity index (χ2n) is 6.98. The van der Waals surface area contributed by atoms with Crippen LogP contribution in [0, 0.1) is 0 Å². The van der Waals surface area contributed by atoms with E-state index in [0.29, 0.717) is 0 Å². The van der Waals surface area contributed by atoms with Crippen LogP contribution in [0.5, 0.6) is 0 Å². The van der Waals surface area contributed by atoms with Gasteiger partial charge in [-0.2, -0.15) is 0 Å². The average Bonchev–Trinajstić information content (AvgIpc) is 2.28. The van der Waals surface area contributed by atoms with Crippen molar-refractivity contribution < 1.29 is 16.8 Å². The molecular formula is C16H30CoN4+.